The Hall–Kier alpha value is -4.34. The third-order valence-corrected chi connectivity index (χ3v) is 5.63. The predicted octanol–water partition coefficient (Wildman–Crippen LogP) is 4.22. The average molecular weight is 460 g/mol. The third kappa shape index (κ3) is 4.56. The number of carbonyl (C=O) groups is 1. The van der Waals surface area contributed by atoms with E-state index in [4.69, 9.17) is 14.5 Å². The molecule has 0 spiro atoms. The molecule has 0 atom stereocenters. The minimum Gasteiger partial charge on any atom is -0.457 e. The van der Waals surface area contributed by atoms with Crippen LogP contribution in [0.1, 0.15) is 12.8 Å². The zero-order chi connectivity index (χ0) is 23.5. The van der Waals surface area contributed by atoms with Crippen LogP contribution < -0.4 is 25.0 Å². The fourth-order valence-electron chi connectivity index (χ4n) is 3.87. The molecule has 0 saturated carbocycles. The summed E-state index contributed by atoms with van der Waals surface area (Å²) < 4.78 is 13.0. The molecule has 174 valence electrons. The average Bonchev–Trinajstić information content (AvgIpc) is 3.48. The fourth-order valence-corrected chi connectivity index (χ4v) is 3.87. The largest absolute Gasteiger partial charge is 0.457 e. The molecule has 2 N–H and O–H groups in total. The maximum absolute atomic E-state index is 11.4. The quantitative estimate of drug-likeness (QED) is 0.442. The van der Waals surface area contributed by atoms with Crippen LogP contribution in [-0.2, 0) is 7.05 Å². The number of aryl methyl sites for hydroxylation is 1. The summed E-state index contributed by atoms with van der Waals surface area (Å²) in [5.41, 5.74) is 2.60. The Morgan fingerprint density at radius 3 is 2.62 bits per heavy atom. The van der Waals surface area contributed by atoms with E-state index in [9.17, 15) is 4.79 Å². The van der Waals surface area contributed by atoms with E-state index in [0.29, 0.717) is 17.4 Å². The molecule has 10 heteroatoms. The van der Waals surface area contributed by atoms with Gasteiger partial charge in [-0.1, -0.05) is 0 Å². The van der Waals surface area contributed by atoms with E-state index in [1.165, 1.54) is 26.1 Å². The van der Waals surface area contributed by atoms with Crippen LogP contribution in [0, 0.1) is 0 Å². The number of pyridine rings is 2. The van der Waals surface area contributed by atoms with Gasteiger partial charge < -0.3 is 29.6 Å². The Balaban J connectivity index is 1.32. The molecule has 1 fully saturated rings. The van der Waals surface area contributed by atoms with E-state index in [-0.39, 0.29) is 5.88 Å². The van der Waals surface area contributed by atoms with Crippen molar-refractivity contribution in [2.24, 2.45) is 7.05 Å². The van der Waals surface area contributed by atoms with Gasteiger partial charge in [0.25, 0.3) is 0 Å². The van der Waals surface area contributed by atoms with Gasteiger partial charge >= 0.3 is 6.09 Å². The standard InChI is InChI=1S/C24H25N7O3/c1-25-24(32)34-22-14-18(9-10-26-22)33-17-6-7-20-19(13-17)29-23(30(20)2)28-16-5-8-21(27-15-16)31-11-3-4-12-31/h5-10,13-15H,3-4,11-12H2,1-2H3,(H,25,32)(H,28,29). The van der Waals surface area contributed by atoms with Crippen LogP contribution in [0.25, 0.3) is 11.0 Å². The Labute approximate surface area is 196 Å². The highest BCUT2D eigenvalue weighted by Gasteiger charge is 2.14. The fraction of sp³-hybridized carbons (Fsp3) is 0.250. The van der Waals surface area contributed by atoms with Gasteiger partial charge in [0.15, 0.2) is 0 Å². The lowest BCUT2D eigenvalue weighted by Crippen LogP contribution is -2.22. The first-order valence-electron chi connectivity index (χ1n) is 11.1. The van der Waals surface area contributed by atoms with E-state index < -0.39 is 6.09 Å². The minimum atomic E-state index is -0.597. The Kier molecular flexibility index (Phi) is 5.86. The molecular weight excluding hydrogens is 434 g/mol. The summed E-state index contributed by atoms with van der Waals surface area (Å²) in [5.74, 6) is 2.95. The first-order valence-corrected chi connectivity index (χ1v) is 11.1. The van der Waals surface area contributed by atoms with Crippen molar-refractivity contribution in [2.75, 3.05) is 30.4 Å². The van der Waals surface area contributed by atoms with Crippen LogP contribution in [0.3, 0.4) is 0 Å². The van der Waals surface area contributed by atoms with Crippen molar-refractivity contribution in [1.82, 2.24) is 24.8 Å². The number of anilines is 3. The normalized spacial score (nSPS) is 13.2. The monoisotopic (exact) mass is 459 g/mol. The number of rotatable bonds is 6. The minimum absolute atomic E-state index is 0.145. The second-order valence-electron chi connectivity index (χ2n) is 7.94. The molecule has 0 radical (unpaired) electrons. The summed E-state index contributed by atoms with van der Waals surface area (Å²) in [6, 6.07) is 13.0. The summed E-state index contributed by atoms with van der Waals surface area (Å²) in [5, 5.41) is 5.73. The van der Waals surface area contributed by atoms with Gasteiger partial charge in [-0.15, -0.1) is 0 Å². The molecule has 10 nitrogen and oxygen atoms in total. The smallest absolute Gasteiger partial charge is 0.413 e. The zero-order valence-corrected chi connectivity index (χ0v) is 19.0. The van der Waals surface area contributed by atoms with Crippen LogP contribution in [0.15, 0.2) is 54.9 Å². The second kappa shape index (κ2) is 9.26. The Morgan fingerprint density at radius 1 is 1.03 bits per heavy atom. The lowest BCUT2D eigenvalue weighted by atomic mass is 10.3. The zero-order valence-electron chi connectivity index (χ0n) is 19.0. The Morgan fingerprint density at radius 2 is 1.85 bits per heavy atom. The van der Waals surface area contributed by atoms with Crippen molar-refractivity contribution >= 4 is 34.6 Å². The summed E-state index contributed by atoms with van der Waals surface area (Å²) in [4.78, 5) is 27.0. The van der Waals surface area contributed by atoms with Crippen LogP contribution in [0.2, 0.25) is 0 Å². The van der Waals surface area contributed by atoms with Gasteiger partial charge in [0, 0.05) is 45.5 Å². The molecule has 0 unspecified atom stereocenters. The third-order valence-electron chi connectivity index (χ3n) is 5.63. The molecule has 0 bridgehead atoms. The number of carbonyl (C=O) groups excluding carboxylic acids is 1. The topological polar surface area (TPSA) is 106 Å². The summed E-state index contributed by atoms with van der Waals surface area (Å²) >= 11 is 0. The van der Waals surface area contributed by atoms with Crippen LogP contribution in [-0.4, -0.2) is 45.7 Å². The molecule has 1 aliphatic heterocycles. The number of nitrogens with zero attached hydrogens (tertiary/aromatic N) is 5. The highest BCUT2D eigenvalue weighted by Crippen LogP contribution is 2.29. The molecule has 3 aromatic heterocycles. The molecule has 1 saturated heterocycles. The van der Waals surface area contributed by atoms with E-state index >= 15 is 0 Å². The van der Waals surface area contributed by atoms with Gasteiger partial charge in [0.05, 0.1) is 22.9 Å². The van der Waals surface area contributed by atoms with Gasteiger partial charge in [-0.25, -0.2) is 19.7 Å². The summed E-state index contributed by atoms with van der Waals surface area (Å²) in [7, 11) is 3.43. The van der Waals surface area contributed by atoms with Crippen molar-refractivity contribution in [1.29, 1.82) is 0 Å². The van der Waals surface area contributed by atoms with Crippen molar-refractivity contribution in [3.8, 4) is 17.4 Å². The number of amides is 1. The number of aromatic nitrogens is 4. The predicted molar refractivity (Wildman–Crippen MR) is 129 cm³/mol. The lowest BCUT2D eigenvalue weighted by Gasteiger charge is -2.16. The molecule has 4 aromatic rings. The van der Waals surface area contributed by atoms with E-state index in [2.05, 4.69) is 25.5 Å². The molecule has 4 heterocycles. The van der Waals surface area contributed by atoms with Crippen LogP contribution in [0.4, 0.5) is 22.2 Å². The maximum atomic E-state index is 11.4. The molecule has 1 aromatic carbocycles. The number of nitrogens with one attached hydrogen (secondary N) is 2. The van der Waals surface area contributed by atoms with Gasteiger partial charge in [0.1, 0.15) is 17.3 Å². The van der Waals surface area contributed by atoms with Gasteiger partial charge in [0.2, 0.25) is 11.8 Å². The number of hydrogen-bond donors (Lipinski definition) is 2. The second-order valence-corrected chi connectivity index (χ2v) is 7.94. The Bertz CT molecular complexity index is 1310. The molecule has 0 aliphatic carbocycles. The molecule has 5 rings (SSSR count). The van der Waals surface area contributed by atoms with Crippen LogP contribution in [0.5, 0.6) is 17.4 Å². The highest BCUT2D eigenvalue weighted by molar-refractivity contribution is 5.81. The van der Waals surface area contributed by atoms with Gasteiger partial charge in [-0.2, -0.15) is 0 Å². The first-order chi connectivity index (χ1) is 16.6. The van der Waals surface area contributed by atoms with E-state index in [1.54, 1.807) is 12.1 Å². The van der Waals surface area contributed by atoms with Gasteiger partial charge in [-0.05, 0) is 43.2 Å². The lowest BCUT2D eigenvalue weighted by molar-refractivity contribution is 0.201. The van der Waals surface area contributed by atoms with Crippen LogP contribution >= 0.6 is 0 Å². The molecule has 1 amide bonds. The van der Waals surface area contributed by atoms with Crippen molar-refractivity contribution in [3.63, 3.8) is 0 Å². The number of ether oxygens (including phenoxy) is 2. The number of benzene rings is 1. The molecule has 1 aliphatic rings. The van der Waals surface area contributed by atoms with E-state index in [0.717, 1.165) is 35.6 Å². The van der Waals surface area contributed by atoms with Crippen molar-refractivity contribution < 1.29 is 14.3 Å². The number of fused-ring (bicyclic) bond motifs is 1. The maximum Gasteiger partial charge on any atom is 0.413 e. The van der Waals surface area contributed by atoms with Crippen molar-refractivity contribution in [2.45, 2.75) is 12.8 Å². The molecule has 34 heavy (non-hydrogen) atoms. The van der Waals surface area contributed by atoms with Gasteiger partial charge in [-0.3, -0.25) is 0 Å². The van der Waals surface area contributed by atoms with E-state index in [1.807, 2.05) is 48.1 Å². The highest BCUT2D eigenvalue weighted by atomic mass is 16.6. The summed E-state index contributed by atoms with van der Waals surface area (Å²) in [6.45, 7) is 2.13. The number of imidazole rings is 1. The summed E-state index contributed by atoms with van der Waals surface area (Å²) in [6.07, 6.45) is 5.19. The SMILES string of the molecule is CNC(=O)Oc1cc(Oc2ccc3c(c2)nc(Nc2ccc(N4CCCC4)nc2)n3C)ccn1. The first kappa shape index (κ1) is 21.5. The number of hydrogen-bond acceptors (Lipinski definition) is 8. The molecular formula is C24H25N7O3. The van der Waals surface area contributed by atoms with Crippen molar-refractivity contribution in [3.05, 3.63) is 54.9 Å².